The summed E-state index contributed by atoms with van der Waals surface area (Å²) in [6.45, 7) is 2.43. The molecule has 0 unspecified atom stereocenters. The van der Waals surface area contributed by atoms with Crippen molar-refractivity contribution >= 4 is 34.3 Å². The Labute approximate surface area is 162 Å². The van der Waals surface area contributed by atoms with Crippen molar-refractivity contribution < 1.29 is 4.79 Å². The van der Waals surface area contributed by atoms with Gasteiger partial charge in [-0.05, 0) is 30.2 Å². The van der Waals surface area contributed by atoms with Crippen LogP contribution in [0.15, 0.2) is 35.4 Å². The molecule has 2 aromatic heterocycles. The smallest absolute Gasteiger partial charge is 0.232 e. The summed E-state index contributed by atoms with van der Waals surface area (Å²) in [5.41, 5.74) is 3.87. The minimum Gasteiger partial charge on any atom is -0.344 e. The van der Waals surface area contributed by atoms with Gasteiger partial charge in [0.2, 0.25) is 5.91 Å². The van der Waals surface area contributed by atoms with E-state index >= 15 is 0 Å². The van der Waals surface area contributed by atoms with Crippen molar-refractivity contribution in [3.8, 4) is 12.1 Å². The molecule has 3 rings (SSSR count). The van der Waals surface area contributed by atoms with Gasteiger partial charge in [0.1, 0.15) is 6.07 Å². The van der Waals surface area contributed by atoms with Gasteiger partial charge in [0, 0.05) is 13.6 Å². The fourth-order valence-electron chi connectivity index (χ4n) is 2.94. The fourth-order valence-corrected chi connectivity index (χ4v) is 3.97. The molecule has 0 aliphatic rings. The quantitative estimate of drug-likeness (QED) is 0.615. The molecule has 2 heterocycles. The highest BCUT2D eigenvalue weighted by Gasteiger charge is 2.18. The molecule has 0 aliphatic heterocycles. The lowest BCUT2D eigenvalue weighted by Gasteiger charge is -2.16. The molecule has 0 radical (unpaired) electrons. The van der Waals surface area contributed by atoms with E-state index < -0.39 is 0 Å². The molecule has 0 aliphatic carbocycles. The molecule has 0 spiro atoms. The lowest BCUT2D eigenvalue weighted by atomic mass is 10.1. The first kappa shape index (κ1) is 18.8. The number of nitriles is 2. The summed E-state index contributed by atoms with van der Waals surface area (Å²) >= 11 is 1.43. The molecule has 3 aromatic rings. The molecule has 0 bridgehead atoms. The van der Waals surface area contributed by atoms with Crippen molar-refractivity contribution in [2.75, 3.05) is 19.3 Å². The van der Waals surface area contributed by atoms with Gasteiger partial charge in [-0.25, -0.2) is 4.98 Å². The van der Waals surface area contributed by atoms with Gasteiger partial charge in [-0.15, -0.1) is 0 Å². The number of hydrogen-bond donors (Lipinski definition) is 0. The van der Waals surface area contributed by atoms with Gasteiger partial charge in [0.25, 0.3) is 0 Å². The molecule has 0 fully saturated rings. The van der Waals surface area contributed by atoms with Gasteiger partial charge in [0.05, 0.1) is 39.9 Å². The molecule has 0 N–H and O–H groups in total. The van der Waals surface area contributed by atoms with Crippen LogP contribution >= 0.6 is 11.8 Å². The van der Waals surface area contributed by atoms with Gasteiger partial charge in [-0.2, -0.15) is 10.5 Å². The number of carbonyl (C=O) groups excluding carboxylic acids is 1. The summed E-state index contributed by atoms with van der Waals surface area (Å²) in [4.78, 5) is 18.6. The number of para-hydroxylation sites is 2. The standard InChI is InChI=1S/C20H19N5OS/c1-3-14-11-19(27-13-18(26)24(2)10-6-9-21)25-17-8-5-4-7-16(17)23-20(25)15(14)12-22/h4-5,7-8,11H,3,6,10,13H2,1-2H3. The second kappa shape index (κ2) is 8.11. The number of nitrogens with zero attached hydrogens (tertiary/aromatic N) is 5. The fraction of sp³-hybridized carbons (Fsp3) is 0.300. The first-order valence-corrected chi connectivity index (χ1v) is 9.66. The minimum absolute atomic E-state index is 0.0322. The van der Waals surface area contributed by atoms with Crippen LogP contribution < -0.4 is 0 Å². The summed E-state index contributed by atoms with van der Waals surface area (Å²) < 4.78 is 1.96. The number of amides is 1. The van der Waals surface area contributed by atoms with Crippen molar-refractivity contribution in [3.05, 3.63) is 41.5 Å². The summed E-state index contributed by atoms with van der Waals surface area (Å²) in [7, 11) is 1.71. The Hall–Kier alpha value is -3.03. The Kier molecular flexibility index (Phi) is 5.63. The zero-order chi connectivity index (χ0) is 19.4. The van der Waals surface area contributed by atoms with Gasteiger partial charge < -0.3 is 4.90 Å². The maximum absolute atomic E-state index is 12.4. The number of aryl methyl sites for hydroxylation is 1. The highest BCUT2D eigenvalue weighted by Crippen LogP contribution is 2.30. The second-order valence-electron chi connectivity index (χ2n) is 6.12. The van der Waals surface area contributed by atoms with Crippen molar-refractivity contribution in [1.82, 2.24) is 14.3 Å². The number of hydrogen-bond acceptors (Lipinski definition) is 5. The Morgan fingerprint density at radius 3 is 2.81 bits per heavy atom. The number of carbonyl (C=O) groups is 1. The molecule has 136 valence electrons. The third kappa shape index (κ3) is 3.60. The molecule has 1 aromatic carbocycles. The first-order valence-electron chi connectivity index (χ1n) is 8.67. The monoisotopic (exact) mass is 377 g/mol. The number of aromatic nitrogens is 2. The van der Waals surface area contributed by atoms with Gasteiger partial charge in [-0.1, -0.05) is 30.8 Å². The molecule has 0 saturated carbocycles. The average Bonchev–Trinajstić information content (AvgIpc) is 3.08. The largest absolute Gasteiger partial charge is 0.344 e. The maximum Gasteiger partial charge on any atom is 0.232 e. The lowest BCUT2D eigenvalue weighted by Crippen LogP contribution is -2.29. The summed E-state index contributed by atoms with van der Waals surface area (Å²) in [6, 6.07) is 14.1. The Balaban J connectivity index is 2.03. The molecule has 0 atom stereocenters. The van der Waals surface area contributed by atoms with E-state index in [2.05, 4.69) is 17.1 Å². The zero-order valence-electron chi connectivity index (χ0n) is 15.3. The van der Waals surface area contributed by atoms with Crippen LogP contribution in [0.3, 0.4) is 0 Å². The molecule has 6 nitrogen and oxygen atoms in total. The van der Waals surface area contributed by atoms with Crippen LogP contribution in [-0.4, -0.2) is 39.5 Å². The third-order valence-electron chi connectivity index (χ3n) is 4.44. The van der Waals surface area contributed by atoms with Crippen molar-refractivity contribution in [1.29, 1.82) is 10.5 Å². The maximum atomic E-state index is 12.4. The van der Waals surface area contributed by atoms with E-state index in [0.29, 0.717) is 30.6 Å². The van der Waals surface area contributed by atoms with E-state index in [0.717, 1.165) is 21.6 Å². The Bertz CT molecular complexity index is 1090. The van der Waals surface area contributed by atoms with E-state index in [4.69, 9.17) is 5.26 Å². The van der Waals surface area contributed by atoms with E-state index in [1.54, 1.807) is 11.9 Å². The number of benzene rings is 1. The van der Waals surface area contributed by atoms with Crippen LogP contribution in [0.2, 0.25) is 0 Å². The van der Waals surface area contributed by atoms with Gasteiger partial charge in [0.15, 0.2) is 5.65 Å². The number of imidazole rings is 1. The number of fused-ring (bicyclic) bond motifs is 3. The summed E-state index contributed by atoms with van der Waals surface area (Å²) in [6.07, 6.45) is 1.03. The van der Waals surface area contributed by atoms with Crippen molar-refractivity contribution in [2.24, 2.45) is 0 Å². The number of rotatable bonds is 6. The van der Waals surface area contributed by atoms with Crippen LogP contribution in [0.1, 0.15) is 24.5 Å². The molecular weight excluding hydrogens is 358 g/mol. The zero-order valence-corrected chi connectivity index (χ0v) is 16.1. The lowest BCUT2D eigenvalue weighted by molar-refractivity contribution is -0.127. The SMILES string of the molecule is CCc1cc(SCC(=O)N(C)CCC#N)n2c(nc3ccccc32)c1C#N. The van der Waals surface area contributed by atoms with E-state index in [1.807, 2.05) is 41.7 Å². The van der Waals surface area contributed by atoms with Crippen LogP contribution in [0, 0.1) is 22.7 Å². The molecule has 27 heavy (non-hydrogen) atoms. The van der Waals surface area contributed by atoms with Gasteiger partial charge >= 0.3 is 0 Å². The van der Waals surface area contributed by atoms with Crippen LogP contribution in [0.4, 0.5) is 0 Å². The number of pyridine rings is 1. The molecule has 1 amide bonds. The van der Waals surface area contributed by atoms with Crippen LogP contribution in [0.25, 0.3) is 16.7 Å². The highest BCUT2D eigenvalue weighted by atomic mass is 32.2. The predicted octanol–water partition coefficient (Wildman–Crippen LogP) is 3.39. The van der Waals surface area contributed by atoms with E-state index in [9.17, 15) is 10.1 Å². The molecule has 7 heteroatoms. The molecular formula is C20H19N5OS. The van der Waals surface area contributed by atoms with Crippen molar-refractivity contribution in [2.45, 2.75) is 24.8 Å². The first-order chi connectivity index (χ1) is 13.1. The van der Waals surface area contributed by atoms with E-state index in [1.165, 1.54) is 11.8 Å². The number of thioether (sulfide) groups is 1. The van der Waals surface area contributed by atoms with Crippen LogP contribution in [0.5, 0.6) is 0 Å². The normalized spacial score (nSPS) is 10.7. The van der Waals surface area contributed by atoms with Crippen LogP contribution in [-0.2, 0) is 11.2 Å². The topological polar surface area (TPSA) is 85.2 Å². The minimum atomic E-state index is -0.0322. The van der Waals surface area contributed by atoms with Crippen molar-refractivity contribution in [3.63, 3.8) is 0 Å². The average molecular weight is 377 g/mol. The van der Waals surface area contributed by atoms with Gasteiger partial charge in [-0.3, -0.25) is 9.20 Å². The Morgan fingerprint density at radius 1 is 1.33 bits per heavy atom. The summed E-state index contributed by atoms with van der Waals surface area (Å²) in [5.74, 6) is 0.230. The predicted molar refractivity (Wildman–Crippen MR) is 105 cm³/mol. The molecule has 0 saturated heterocycles. The summed E-state index contributed by atoms with van der Waals surface area (Å²) in [5, 5.41) is 19.2. The second-order valence-corrected chi connectivity index (χ2v) is 7.12. The highest BCUT2D eigenvalue weighted by molar-refractivity contribution is 7.99. The Morgan fingerprint density at radius 2 is 2.11 bits per heavy atom. The third-order valence-corrected chi connectivity index (χ3v) is 5.43. The van der Waals surface area contributed by atoms with E-state index in [-0.39, 0.29) is 11.7 Å².